The molecule has 0 aromatic rings. The Morgan fingerprint density at radius 1 is 0.392 bits per heavy atom. The van der Waals surface area contributed by atoms with E-state index < -0.39 is 24.3 Å². The third kappa shape index (κ3) is 62.7. The first-order valence-corrected chi connectivity index (χ1v) is 33.8. The zero-order chi connectivity index (χ0) is 57.6. The van der Waals surface area contributed by atoms with Gasteiger partial charge in [0.15, 0.2) is 12.4 Å². The van der Waals surface area contributed by atoms with Crippen LogP contribution in [0.1, 0.15) is 322 Å². The second-order valence-electron chi connectivity index (χ2n) is 24.1. The first-order valence-electron chi connectivity index (χ1n) is 33.8. The number of nitrogens with zero attached hydrogens (tertiary/aromatic N) is 1. The fraction of sp³-hybridized carbons (Fsp3) is 0.843. The molecule has 0 aromatic carbocycles. The molecule has 0 radical (unpaired) electrons. The predicted octanol–water partition coefficient (Wildman–Crippen LogP) is 19.2. The normalized spacial score (nSPS) is 13.0. The monoisotopic (exact) mass is 1110 g/mol. The van der Waals surface area contributed by atoms with E-state index in [0.717, 1.165) is 70.6 Å². The number of carbonyl (C=O) groups is 3. The van der Waals surface area contributed by atoms with Crippen LogP contribution in [-0.4, -0.2) is 82.3 Å². The largest absolute Gasteiger partial charge is 0.545 e. The second-order valence-corrected chi connectivity index (χ2v) is 24.1. The zero-order valence-corrected chi connectivity index (χ0v) is 52.8. The number of carboxylic acids is 1. The number of allylic oxidation sites excluding steroid dienone is 8. The molecule has 0 N–H and O–H groups in total. The molecule has 0 heterocycles. The number of aliphatic carboxylic acids is 1. The summed E-state index contributed by atoms with van der Waals surface area (Å²) in [6.07, 6.45) is 75.1. The van der Waals surface area contributed by atoms with Gasteiger partial charge in [0.25, 0.3) is 0 Å². The molecule has 0 rings (SSSR count). The number of likely N-dealkylation sites (N-methyl/N-ethyl adjacent to an activating group) is 1. The third-order valence-corrected chi connectivity index (χ3v) is 15.1. The summed E-state index contributed by atoms with van der Waals surface area (Å²) >= 11 is 0. The molecule has 462 valence electrons. The summed E-state index contributed by atoms with van der Waals surface area (Å²) in [4.78, 5) is 37.3. The van der Waals surface area contributed by atoms with Gasteiger partial charge in [-0.3, -0.25) is 9.59 Å². The van der Waals surface area contributed by atoms with Crippen LogP contribution < -0.4 is 5.11 Å². The molecule has 0 fully saturated rings. The summed E-state index contributed by atoms with van der Waals surface area (Å²) < 4.78 is 22.7. The number of hydrogen-bond donors (Lipinski definition) is 0. The lowest BCUT2D eigenvalue weighted by atomic mass is 10.0. The average molecular weight is 1110 g/mol. The molecule has 9 heteroatoms. The lowest BCUT2D eigenvalue weighted by Gasteiger charge is -2.26. The molecule has 0 aliphatic rings. The van der Waals surface area contributed by atoms with Crippen LogP contribution in [0.15, 0.2) is 48.6 Å². The van der Waals surface area contributed by atoms with Crippen molar-refractivity contribution >= 4 is 17.9 Å². The number of esters is 2. The second kappa shape index (κ2) is 61.3. The fourth-order valence-electron chi connectivity index (χ4n) is 9.94. The van der Waals surface area contributed by atoms with Gasteiger partial charge >= 0.3 is 11.9 Å². The number of ether oxygens (including phenoxy) is 4. The van der Waals surface area contributed by atoms with Gasteiger partial charge in [-0.2, -0.15) is 0 Å². The highest BCUT2D eigenvalue weighted by Crippen LogP contribution is 2.19. The zero-order valence-electron chi connectivity index (χ0n) is 52.8. The lowest BCUT2D eigenvalue weighted by molar-refractivity contribution is -0.870. The van der Waals surface area contributed by atoms with Gasteiger partial charge < -0.3 is 33.3 Å². The van der Waals surface area contributed by atoms with E-state index in [2.05, 4.69) is 62.5 Å². The first kappa shape index (κ1) is 76.2. The number of hydrogen-bond acceptors (Lipinski definition) is 8. The van der Waals surface area contributed by atoms with Crippen molar-refractivity contribution in [2.45, 2.75) is 334 Å². The number of carboxylic acid groups (broad SMARTS) is 1. The Labute approximate surface area is 489 Å². The molecule has 2 unspecified atom stereocenters. The van der Waals surface area contributed by atoms with Crippen LogP contribution in [0, 0.1) is 0 Å². The van der Waals surface area contributed by atoms with Gasteiger partial charge in [0.05, 0.1) is 40.3 Å². The summed E-state index contributed by atoms with van der Waals surface area (Å²) in [6.45, 7) is 4.65. The Bertz CT molecular complexity index is 1430. The highest BCUT2D eigenvalue weighted by Gasteiger charge is 2.22. The number of unbranched alkanes of at least 4 members (excludes halogenated alkanes) is 40. The van der Waals surface area contributed by atoms with E-state index >= 15 is 0 Å². The molecule has 0 aliphatic carbocycles. The predicted molar refractivity (Wildman–Crippen MR) is 334 cm³/mol. The van der Waals surface area contributed by atoms with Crippen molar-refractivity contribution in [1.29, 1.82) is 0 Å². The highest BCUT2D eigenvalue weighted by atomic mass is 16.7. The van der Waals surface area contributed by atoms with Crippen molar-refractivity contribution in [3.05, 3.63) is 48.6 Å². The van der Waals surface area contributed by atoms with Crippen molar-refractivity contribution in [2.24, 2.45) is 0 Å². The molecule has 0 saturated heterocycles. The van der Waals surface area contributed by atoms with Gasteiger partial charge in [0.2, 0.25) is 0 Å². The summed E-state index contributed by atoms with van der Waals surface area (Å²) in [7, 11) is 5.92. The van der Waals surface area contributed by atoms with Crippen molar-refractivity contribution in [2.75, 3.05) is 47.5 Å². The van der Waals surface area contributed by atoms with Gasteiger partial charge in [-0.05, 0) is 51.4 Å². The fourth-order valence-corrected chi connectivity index (χ4v) is 9.94. The van der Waals surface area contributed by atoms with Crippen LogP contribution in [0.4, 0.5) is 0 Å². The van der Waals surface area contributed by atoms with E-state index in [4.69, 9.17) is 18.9 Å². The van der Waals surface area contributed by atoms with Gasteiger partial charge in [-0.25, -0.2) is 0 Å². The SMILES string of the molecule is CC/C=C\C/C=C\C/C=C\C/C=C\CCCCCCC(=O)OC(COC(=O)CCCCCCCCCCCCCCCCCCCCCCCCCCCCCCCCCCCCCCC)COC(OCC[N+](C)(C)C)C(=O)[O-]. The molecule has 2 atom stereocenters. The molecule has 0 bridgehead atoms. The van der Waals surface area contributed by atoms with Crippen molar-refractivity contribution in [3.63, 3.8) is 0 Å². The molecule has 0 aromatic heterocycles. The lowest BCUT2D eigenvalue weighted by Crippen LogP contribution is -2.44. The molecule has 0 saturated carbocycles. The van der Waals surface area contributed by atoms with Gasteiger partial charge in [-0.1, -0.05) is 306 Å². The number of rotatable bonds is 63. The molecule has 0 amide bonds. The van der Waals surface area contributed by atoms with Crippen molar-refractivity contribution in [1.82, 2.24) is 0 Å². The van der Waals surface area contributed by atoms with Crippen LogP contribution in [0.2, 0.25) is 0 Å². The van der Waals surface area contributed by atoms with Crippen molar-refractivity contribution in [3.8, 4) is 0 Å². The van der Waals surface area contributed by atoms with E-state index in [-0.39, 0.29) is 38.6 Å². The maximum atomic E-state index is 12.9. The number of carbonyl (C=O) groups excluding carboxylic acids is 3. The Balaban J connectivity index is 3.97. The van der Waals surface area contributed by atoms with Gasteiger partial charge in [-0.15, -0.1) is 0 Å². The van der Waals surface area contributed by atoms with E-state index in [0.29, 0.717) is 17.4 Å². The van der Waals surface area contributed by atoms with Gasteiger partial charge in [0, 0.05) is 12.8 Å². The summed E-state index contributed by atoms with van der Waals surface area (Å²) in [5, 5.41) is 11.8. The minimum atomic E-state index is -1.63. The van der Waals surface area contributed by atoms with E-state index in [9.17, 15) is 19.5 Å². The molecule has 9 nitrogen and oxygen atoms in total. The first-order chi connectivity index (χ1) is 38.6. The third-order valence-electron chi connectivity index (χ3n) is 15.1. The summed E-state index contributed by atoms with van der Waals surface area (Å²) in [5.74, 6) is -2.30. The smallest absolute Gasteiger partial charge is 0.306 e. The maximum Gasteiger partial charge on any atom is 0.306 e. The molecule has 0 aliphatic heterocycles. The quantitative estimate of drug-likeness (QED) is 0.0195. The van der Waals surface area contributed by atoms with Crippen LogP contribution >= 0.6 is 0 Å². The summed E-state index contributed by atoms with van der Waals surface area (Å²) in [6, 6.07) is 0. The maximum absolute atomic E-state index is 12.9. The molecular weight excluding hydrogens is 983 g/mol. The average Bonchev–Trinajstić information content (AvgIpc) is 3.42. The Morgan fingerprint density at radius 2 is 0.722 bits per heavy atom. The number of quaternary nitrogens is 1. The molecular formula is C70H129NO8. The summed E-state index contributed by atoms with van der Waals surface area (Å²) in [5.41, 5.74) is 0. The minimum Gasteiger partial charge on any atom is -0.545 e. The Kier molecular flexibility index (Phi) is 59.2. The van der Waals surface area contributed by atoms with E-state index in [1.54, 1.807) is 0 Å². The van der Waals surface area contributed by atoms with E-state index in [1.165, 1.54) is 218 Å². The van der Waals surface area contributed by atoms with Gasteiger partial charge in [0.1, 0.15) is 13.2 Å². The Morgan fingerprint density at radius 3 is 1.08 bits per heavy atom. The Hall–Kier alpha value is -2.75. The minimum absolute atomic E-state index is 0.143. The topological polar surface area (TPSA) is 111 Å². The van der Waals surface area contributed by atoms with Crippen LogP contribution in [0.3, 0.4) is 0 Å². The molecule has 0 spiro atoms. The van der Waals surface area contributed by atoms with Crippen molar-refractivity contribution < 1.29 is 42.9 Å². The van der Waals surface area contributed by atoms with E-state index in [1.807, 2.05) is 21.1 Å². The molecule has 79 heavy (non-hydrogen) atoms. The standard InChI is InChI=1S/C70H129NO8/c1-6-8-10-12-14-16-18-20-22-24-25-26-27-28-29-30-31-32-33-34-35-36-37-38-39-40-41-42-43-45-46-48-50-52-54-56-58-60-67(72)77-64-66(65-78-70(69(74)75)76-63-62-71(3,4)5)79-68(73)61-59-57-55-53-51-49-47-44-23-21-19-17-15-13-11-9-7-2/h9,11,15,17,21,23,47,49,66,70H,6-8,10,12-14,16,18-20,22,24-46,48,50-65H2,1-5H3/b11-9-,17-15-,23-21-,49-47-. The highest BCUT2D eigenvalue weighted by molar-refractivity contribution is 5.70. The van der Waals surface area contributed by atoms with Crippen LogP contribution in [0.5, 0.6) is 0 Å². The van der Waals surface area contributed by atoms with Crippen LogP contribution in [-0.2, 0) is 33.3 Å². The van der Waals surface area contributed by atoms with Crippen LogP contribution in [0.25, 0.3) is 0 Å².